The van der Waals surface area contributed by atoms with Crippen LogP contribution in [-0.4, -0.2) is 24.5 Å². The monoisotopic (exact) mass is 520 g/mol. The third-order valence-electron chi connectivity index (χ3n) is 4.90. The van der Waals surface area contributed by atoms with E-state index in [1.807, 2.05) is 59.3 Å². The zero-order valence-electron chi connectivity index (χ0n) is 18.1. The molecule has 0 atom stereocenters. The van der Waals surface area contributed by atoms with Crippen LogP contribution in [0.2, 0.25) is 0 Å². The molecule has 7 nitrogen and oxygen atoms in total. The SMILES string of the molecule is CC(C)Cn1cnc2c(Oc3ccc(-c4cnc(Nc5ccccc5Br)s4)cc3)ncnc21. The molecule has 0 spiro atoms. The Kier molecular flexibility index (Phi) is 6.06. The van der Waals surface area contributed by atoms with Gasteiger partial charge in [0.1, 0.15) is 12.1 Å². The van der Waals surface area contributed by atoms with Gasteiger partial charge in [-0.05, 0) is 63.8 Å². The molecule has 0 aliphatic rings. The highest BCUT2D eigenvalue weighted by Crippen LogP contribution is 2.34. The first kappa shape index (κ1) is 21.5. The number of thiazole rings is 1. The molecule has 0 saturated carbocycles. The number of rotatable bonds is 7. The van der Waals surface area contributed by atoms with Crippen LogP contribution in [0, 0.1) is 5.92 Å². The molecule has 1 N–H and O–H groups in total. The number of hydrogen-bond acceptors (Lipinski definition) is 7. The Morgan fingerprint density at radius 1 is 1.03 bits per heavy atom. The zero-order chi connectivity index (χ0) is 22.8. The number of para-hydroxylation sites is 1. The van der Waals surface area contributed by atoms with Crippen molar-refractivity contribution in [1.82, 2.24) is 24.5 Å². The number of ether oxygens (including phenoxy) is 1. The molecule has 5 rings (SSSR count). The summed E-state index contributed by atoms with van der Waals surface area (Å²) < 4.78 is 9.07. The molecule has 9 heteroatoms. The molecule has 0 fully saturated rings. The second kappa shape index (κ2) is 9.29. The van der Waals surface area contributed by atoms with E-state index < -0.39 is 0 Å². The van der Waals surface area contributed by atoms with Gasteiger partial charge in [-0.1, -0.05) is 37.3 Å². The van der Waals surface area contributed by atoms with Crippen molar-refractivity contribution in [3.63, 3.8) is 0 Å². The fraction of sp³-hybridized carbons (Fsp3) is 0.167. The highest BCUT2D eigenvalue weighted by Gasteiger charge is 2.13. The largest absolute Gasteiger partial charge is 0.437 e. The van der Waals surface area contributed by atoms with Gasteiger partial charge in [-0.3, -0.25) is 0 Å². The second-order valence-electron chi connectivity index (χ2n) is 7.90. The van der Waals surface area contributed by atoms with Crippen LogP contribution < -0.4 is 10.1 Å². The Morgan fingerprint density at radius 3 is 2.64 bits per heavy atom. The lowest BCUT2D eigenvalue weighted by atomic mass is 10.2. The van der Waals surface area contributed by atoms with E-state index in [1.165, 1.54) is 6.33 Å². The van der Waals surface area contributed by atoms with Crippen LogP contribution in [0.15, 0.2) is 71.9 Å². The minimum atomic E-state index is 0.452. The van der Waals surface area contributed by atoms with Gasteiger partial charge in [0.05, 0.1) is 16.9 Å². The van der Waals surface area contributed by atoms with Crippen molar-refractivity contribution in [2.75, 3.05) is 5.32 Å². The molecule has 5 aromatic rings. The van der Waals surface area contributed by atoms with Gasteiger partial charge in [0.15, 0.2) is 16.3 Å². The summed E-state index contributed by atoms with van der Waals surface area (Å²) in [6, 6.07) is 15.9. The van der Waals surface area contributed by atoms with Crippen molar-refractivity contribution < 1.29 is 4.74 Å². The lowest BCUT2D eigenvalue weighted by Gasteiger charge is -2.08. The molecule has 0 unspecified atom stereocenters. The number of anilines is 2. The van der Waals surface area contributed by atoms with Crippen LogP contribution in [0.1, 0.15) is 13.8 Å². The van der Waals surface area contributed by atoms with Gasteiger partial charge in [0.2, 0.25) is 0 Å². The average Bonchev–Trinajstić information content (AvgIpc) is 3.44. The molecule has 33 heavy (non-hydrogen) atoms. The molecule has 3 aromatic heterocycles. The summed E-state index contributed by atoms with van der Waals surface area (Å²) in [6.45, 7) is 5.16. The smallest absolute Gasteiger partial charge is 0.250 e. The maximum Gasteiger partial charge on any atom is 0.250 e. The van der Waals surface area contributed by atoms with Crippen LogP contribution in [0.3, 0.4) is 0 Å². The van der Waals surface area contributed by atoms with Gasteiger partial charge >= 0.3 is 0 Å². The van der Waals surface area contributed by atoms with Crippen molar-refractivity contribution in [2.24, 2.45) is 5.92 Å². The summed E-state index contributed by atoms with van der Waals surface area (Å²) in [5, 5.41) is 4.18. The lowest BCUT2D eigenvalue weighted by molar-refractivity contribution is 0.467. The molecular weight excluding hydrogens is 500 g/mol. The van der Waals surface area contributed by atoms with E-state index in [-0.39, 0.29) is 0 Å². The van der Waals surface area contributed by atoms with E-state index in [2.05, 4.69) is 55.0 Å². The first-order valence-electron chi connectivity index (χ1n) is 10.5. The van der Waals surface area contributed by atoms with Gasteiger partial charge in [-0.25, -0.2) is 15.0 Å². The molecule has 0 aliphatic heterocycles. The van der Waals surface area contributed by atoms with Crippen LogP contribution in [0.5, 0.6) is 11.6 Å². The van der Waals surface area contributed by atoms with Crippen LogP contribution in [0.25, 0.3) is 21.6 Å². The maximum absolute atomic E-state index is 6.04. The topological polar surface area (TPSA) is 77.8 Å². The minimum absolute atomic E-state index is 0.452. The van der Waals surface area contributed by atoms with Gasteiger partial charge < -0.3 is 14.6 Å². The number of hydrogen-bond donors (Lipinski definition) is 1. The maximum atomic E-state index is 6.04. The number of halogens is 1. The van der Waals surface area contributed by atoms with E-state index in [9.17, 15) is 0 Å². The van der Waals surface area contributed by atoms with Crippen LogP contribution >= 0.6 is 27.3 Å². The van der Waals surface area contributed by atoms with Crippen molar-refractivity contribution in [3.8, 4) is 22.1 Å². The van der Waals surface area contributed by atoms with Crippen molar-refractivity contribution in [3.05, 3.63) is 71.9 Å². The average molecular weight is 521 g/mol. The number of nitrogens with zero attached hydrogens (tertiary/aromatic N) is 5. The van der Waals surface area contributed by atoms with Crippen LogP contribution in [-0.2, 0) is 6.54 Å². The molecule has 2 aromatic carbocycles. The highest BCUT2D eigenvalue weighted by molar-refractivity contribution is 9.10. The van der Waals surface area contributed by atoms with Gasteiger partial charge in [0, 0.05) is 17.2 Å². The Morgan fingerprint density at radius 2 is 1.85 bits per heavy atom. The number of benzene rings is 2. The first-order chi connectivity index (χ1) is 16.1. The quantitative estimate of drug-likeness (QED) is 0.251. The predicted octanol–water partition coefficient (Wildman–Crippen LogP) is 6.90. The lowest BCUT2D eigenvalue weighted by Crippen LogP contribution is -2.03. The minimum Gasteiger partial charge on any atom is -0.437 e. The Hall–Kier alpha value is -3.30. The van der Waals surface area contributed by atoms with Crippen molar-refractivity contribution in [1.29, 1.82) is 0 Å². The zero-order valence-corrected chi connectivity index (χ0v) is 20.5. The van der Waals surface area contributed by atoms with Gasteiger partial charge in [-0.2, -0.15) is 4.98 Å². The summed E-state index contributed by atoms with van der Waals surface area (Å²) in [6.07, 6.45) is 5.18. The van der Waals surface area contributed by atoms with E-state index in [0.29, 0.717) is 23.1 Å². The molecule has 166 valence electrons. The van der Waals surface area contributed by atoms with E-state index in [1.54, 1.807) is 17.7 Å². The van der Waals surface area contributed by atoms with E-state index in [0.717, 1.165) is 37.9 Å². The summed E-state index contributed by atoms with van der Waals surface area (Å²) >= 11 is 5.14. The number of aromatic nitrogens is 5. The first-order valence-corrected chi connectivity index (χ1v) is 12.1. The number of imidazole rings is 1. The third-order valence-corrected chi connectivity index (χ3v) is 6.56. The standard InChI is InChI=1S/C24H21BrN6OS/c1-15(2)12-31-14-29-21-22(31)27-13-28-23(21)32-17-9-7-16(8-10-17)20-11-26-24(33-20)30-19-6-4-3-5-18(19)25/h3-11,13-15H,12H2,1-2H3,(H,26,30). The third kappa shape index (κ3) is 4.74. The van der Waals surface area contributed by atoms with E-state index >= 15 is 0 Å². The molecule has 0 saturated heterocycles. The molecular formula is C24H21BrN6OS. The molecule has 0 amide bonds. The molecule has 3 heterocycles. The Balaban J connectivity index is 1.32. The predicted molar refractivity (Wildman–Crippen MR) is 135 cm³/mol. The Labute approximate surface area is 203 Å². The summed E-state index contributed by atoms with van der Waals surface area (Å²) in [4.78, 5) is 18.7. The summed E-state index contributed by atoms with van der Waals surface area (Å²) in [5.74, 6) is 1.63. The fourth-order valence-corrected chi connectivity index (χ4v) is 4.62. The normalized spacial score (nSPS) is 11.3. The van der Waals surface area contributed by atoms with E-state index in [4.69, 9.17) is 4.74 Å². The van der Waals surface area contributed by atoms with Gasteiger partial charge in [-0.15, -0.1) is 0 Å². The summed E-state index contributed by atoms with van der Waals surface area (Å²) in [5.41, 5.74) is 3.48. The van der Waals surface area contributed by atoms with Gasteiger partial charge in [0.25, 0.3) is 5.88 Å². The summed E-state index contributed by atoms with van der Waals surface area (Å²) in [7, 11) is 0. The molecule has 0 bridgehead atoms. The molecule has 0 aliphatic carbocycles. The van der Waals surface area contributed by atoms with Crippen LogP contribution in [0.4, 0.5) is 10.8 Å². The number of nitrogens with one attached hydrogen (secondary N) is 1. The fourth-order valence-electron chi connectivity index (χ4n) is 3.40. The number of fused-ring (bicyclic) bond motifs is 1. The highest BCUT2D eigenvalue weighted by atomic mass is 79.9. The molecule has 0 radical (unpaired) electrons. The van der Waals surface area contributed by atoms with Crippen molar-refractivity contribution >= 4 is 49.2 Å². The Bertz CT molecular complexity index is 1400. The second-order valence-corrected chi connectivity index (χ2v) is 9.79. The van der Waals surface area contributed by atoms with Crippen molar-refractivity contribution in [2.45, 2.75) is 20.4 Å².